The molecular weight excluding hydrogens is 397 g/mol. The van der Waals surface area contributed by atoms with Crippen LogP contribution in [0.15, 0.2) is 48.0 Å². The van der Waals surface area contributed by atoms with Crippen molar-refractivity contribution >= 4 is 11.5 Å². The number of benzene rings is 2. The Balaban J connectivity index is 1.81. The molecule has 0 unspecified atom stereocenters. The zero-order valence-electron chi connectivity index (χ0n) is 16.6. The van der Waals surface area contributed by atoms with Crippen LogP contribution in [0.25, 0.3) is 5.57 Å². The summed E-state index contributed by atoms with van der Waals surface area (Å²) in [6.07, 6.45) is -4.44. The maximum atomic E-state index is 13.4. The first kappa shape index (κ1) is 21.9. The summed E-state index contributed by atoms with van der Waals surface area (Å²) in [4.78, 5) is 10.7. The zero-order chi connectivity index (χ0) is 21.7. The summed E-state index contributed by atoms with van der Waals surface area (Å²) in [6, 6.07) is 11.7. The van der Waals surface area contributed by atoms with Crippen LogP contribution < -0.4 is 4.74 Å². The summed E-state index contributed by atoms with van der Waals surface area (Å²) in [6.45, 7) is 3.08. The molecule has 1 heterocycles. The zero-order valence-corrected chi connectivity index (χ0v) is 16.6. The Labute approximate surface area is 172 Å². The first-order valence-electron chi connectivity index (χ1n) is 9.64. The van der Waals surface area contributed by atoms with Crippen LogP contribution in [0.1, 0.15) is 35.1 Å². The number of carboxylic acids is 1. The quantitative estimate of drug-likeness (QED) is 0.662. The van der Waals surface area contributed by atoms with E-state index in [4.69, 9.17) is 14.6 Å². The molecule has 0 bridgehead atoms. The van der Waals surface area contributed by atoms with Crippen LogP contribution in [0.5, 0.6) is 5.75 Å². The van der Waals surface area contributed by atoms with E-state index < -0.39 is 17.7 Å². The summed E-state index contributed by atoms with van der Waals surface area (Å²) in [5.41, 5.74) is 3.27. The molecule has 1 N–H and O–H groups in total. The summed E-state index contributed by atoms with van der Waals surface area (Å²) >= 11 is 0. The minimum Gasteiger partial charge on any atom is -0.489 e. The Bertz CT molecular complexity index is 930. The molecule has 0 amide bonds. The largest absolute Gasteiger partial charge is 0.489 e. The fraction of sp³-hybridized carbons (Fsp3) is 0.348. The van der Waals surface area contributed by atoms with Gasteiger partial charge in [-0.2, -0.15) is 13.2 Å². The van der Waals surface area contributed by atoms with Crippen molar-refractivity contribution in [1.29, 1.82) is 0 Å². The van der Waals surface area contributed by atoms with Crippen molar-refractivity contribution in [3.63, 3.8) is 0 Å². The van der Waals surface area contributed by atoms with Crippen molar-refractivity contribution in [3.05, 3.63) is 70.3 Å². The van der Waals surface area contributed by atoms with Gasteiger partial charge in [0.05, 0.1) is 18.8 Å². The van der Waals surface area contributed by atoms with Gasteiger partial charge >= 0.3 is 12.1 Å². The topological polar surface area (TPSA) is 55.8 Å². The molecular formula is C23H23F3O4. The molecule has 1 aliphatic rings. The van der Waals surface area contributed by atoms with Crippen LogP contribution in [0.4, 0.5) is 13.2 Å². The normalized spacial score (nSPS) is 14.7. The fourth-order valence-corrected chi connectivity index (χ4v) is 3.40. The number of rotatable bonds is 7. The van der Waals surface area contributed by atoms with Gasteiger partial charge in [0.2, 0.25) is 0 Å². The minimum absolute atomic E-state index is 0.0576. The van der Waals surface area contributed by atoms with Crippen LogP contribution in [0.2, 0.25) is 0 Å². The molecule has 7 heteroatoms. The van der Waals surface area contributed by atoms with Gasteiger partial charge < -0.3 is 14.6 Å². The van der Waals surface area contributed by atoms with Crippen molar-refractivity contribution in [2.75, 3.05) is 19.8 Å². The lowest BCUT2D eigenvalue weighted by Gasteiger charge is -2.22. The molecule has 0 fully saturated rings. The van der Waals surface area contributed by atoms with Crippen LogP contribution in [-0.2, 0) is 22.1 Å². The molecule has 2 aromatic carbocycles. The van der Waals surface area contributed by atoms with Gasteiger partial charge in [-0.25, -0.2) is 0 Å². The van der Waals surface area contributed by atoms with E-state index in [9.17, 15) is 18.0 Å². The SMILES string of the molecule is Cc1ccc(C2=C(COc3ccc(CCC(=O)O)c(C(F)(F)F)c3)COCC2)cc1. The van der Waals surface area contributed by atoms with E-state index >= 15 is 0 Å². The number of hydrogen-bond donors (Lipinski definition) is 1. The predicted molar refractivity (Wildman–Crippen MR) is 106 cm³/mol. The van der Waals surface area contributed by atoms with E-state index in [0.717, 1.165) is 28.3 Å². The standard InChI is InChI=1S/C23H23F3O4/c1-15-2-4-16(5-3-15)20-10-11-29-13-18(20)14-30-19-8-6-17(7-9-22(27)28)21(12-19)23(24,25)26/h2-6,8,12H,7,9-11,13-14H2,1H3,(H,27,28). The highest BCUT2D eigenvalue weighted by Crippen LogP contribution is 2.35. The Hall–Kier alpha value is -2.80. The third-order valence-corrected chi connectivity index (χ3v) is 5.01. The highest BCUT2D eigenvalue weighted by molar-refractivity contribution is 5.70. The average Bonchev–Trinajstić information content (AvgIpc) is 2.71. The number of aliphatic carboxylic acids is 1. The smallest absolute Gasteiger partial charge is 0.416 e. The molecule has 0 spiro atoms. The van der Waals surface area contributed by atoms with Crippen LogP contribution in [0.3, 0.4) is 0 Å². The molecule has 0 saturated heterocycles. The van der Waals surface area contributed by atoms with E-state index in [2.05, 4.69) is 0 Å². The third kappa shape index (κ3) is 5.63. The minimum atomic E-state index is -4.59. The Kier molecular flexibility index (Phi) is 6.82. The number of aryl methyl sites for hydroxylation is 2. The number of carboxylic acid groups (broad SMARTS) is 1. The van der Waals surface area contributed by atoms with Gasteiger partial charge in [0.25, 0.3) is 0 Å². The molecule has 0 saturated carbocycles. The number of carbonyl (C=O) groups is 1. The maximum Gasteiger partial charge on any atom is 0.416 e. The summed E-state index contributed by atoms with van der Waals surface area (Å²) in [5.74, 6) is -1.06. The highest BCUT2D eigenvalue weighted by atomic mass is 19.4. The molecule has 3 rings (SSSR count). The molecule has 30 heavy (non-hydrogen) atoms. The summed E-state index contributed by atoms with van der Waals surface area (Å²) in [5, 5.41) is 8.76. The first-order chi connectivity index (χ1) is 14.2. The van der Waals surface area contributed by atoms with E-state index in [1.807, 2.05) is 31.2 Å². The van der Waals surface area contributed by atoms with E-state index in [1.54, 1.807) is 0 Å². The second-order valence-corrected chi connectivity index (χ2v) is 7.25. The van der Waals surface area contributed by atoms with Crippen molar-refractivity contribution in [2.45, 2.75) is 32.4 Å². The van der Waals surface area contributed by atoms with Crippen molar-refractivity contribution < 1.29 is 32.5 Å². The lowest BCUT2D eigenvalue weighted by molar-refractivity contribution is -0.140. The molecule has 2 aromatic rings. The second kappa shape index (κ2) is 9.34. The average molecular weight is 420 g/mol. The van der Waals surface area contributed by atoms with Crippen molar-refractivity contribution in [1.82, 2.24) is 0 Å². The van der Waals surface area contributed by atoms with Crippen LogP contribution in [0, 0.1) is 6.92 Å². The van der Waals surface area contributed by atoms with Gasteiger partial charge in [-0.15, -0.1) is 0 Å². The number of halogens is 3. The molecule has 1 aliphatic heterocycles. The van der Waals surface area contributed by atoms with E-state index in [1.165, 1.54) is 12.1 Å². The van der Waals surface area contributed by atoms with E-state index in [0.29, 0.717) is 19.6 Å². The lowest BCUT2D eigenvalue weighted by atomic mass is 9.95. The second-order valence-electron chi connectivity index (χ2n) is 7.25. The molecule has 0 aromatic heterocycles. The number of hydrogen-bond acceptors (Lipinski definition) is 3. The molecule has 0 atom stereocenters. The summed E-state index contributed by atoms with van der Waals surface area (Å²) < 4.78 is 51.5. The monoisotopic (exact) mass is 420 g/mol. The Morgan fingerprint density at radius 2 is 1.90 bits per heavy atom. The van der Waals surface area contributed by atoms with Crippen LogP contribution >= 0.6 is 0 Å². The van der Waals surface area contributed by atoms with Crippen molar-refractivity contribution in [2.24, 2.45) is 0 Å². The predicted octanol–water partition coefficient (Wildman–Crippen LogP) is 5.28. The molecule has 0 aliphatic carbocycles. The molecule has 4 nitrogen and oxygen atoms in total. The first-order valence-corrected chi connectivity index (χ1v) is 9.64. The third-order valence-electron chi connectivity index (χ3n) is 5.01. The molecule has 160 valence electrons. The highest BCUT2D eigenvalue weighted by Gasteiger charge is 2.33. The Morgan fingerprint density at radius 1 is 1.17 bits per heavy atom. The van der Waals surface area contributed by atoms with E-state index in [-0.39, 0.29) is 30.8 Å². The van der Waals surface area contributed by atoms with Gasteiger partial charge in [0.1, 0.15) is 12.4 Å². The van der Waals surface area contributed by atoms with Crippen molar-refractivity contribution in [3.8, 4) is 5.75 Å². The summed E-state index contributed by atoms with van der Waals surface area (Å²) in [7, 11) is 0. The van der Waals surface area contributed by atoms with Gasteiger partial charge in [-0.1, -0.05) is 35.9 Å². The van der Waals surface area contributed by atoms with Gasteiger partial charge in [0.15, 0.2) is 0 Å². The van der Waals surface area contributed by atoms with Gasteiger partial charge in [-0.05, 0) is 54.2 Å². The number of alkyl halides is 3. The lowest BCUT2D eigenvalue weighted by Crippen LogP contribution is -2.17. The molecule has 0 radical (unpaired) electrons. The van der Waals surface area contributed by atoms with Gasteiger partial charge in [-0.3, -0.25) is 4.79 Å². The Morgan fingerprint density at radius 3 is 2.57 bits per heavy atom. The fourth-order valence-electron chi connectivity index (χ4n) is 3.40. The van der Waals surface area contributed by atoms with Crippen LogP contribution in [-0.4, -0.2) is 30.9 Å². The number of ether oxygens (including phenoxy) is 2. The van der Waals surface area contributed by atoms with Gasteiger partial charge in [0, 0.05) is 6.42 Å². The maximum absolute atomic E-state index is 13.4.